The van der Waals surface area contributed by atoms with Gasteiger partial charge in [-0.3, -0.25) is 4.79 Å². The quantitative estimate of drug-likeness (QED) is 0.764. The summed E-state index contributed by atoms with van der Waals surface area (Å²) in [5.74, 6) is -0.102. The summed E-state index contributed by atoms with van der Waals surface area (Å²) in [6.07, 6.45) is 5.08. The zero-order valence-electron chi connectivity index (χ0n) is 9.03. The Kier molecular flexibility index (Phi) is 3.34. The van der Waals surface area contributed by atoms with Gasteiger partial charge in [-0.1, -0.05) is 24.3 Å². The van der Waals surface area contributed by atoms with Crippen molar-refractivity contribution in [3.63, 3.8) is 0 Å². The number of likely N-dealkylation sites (tertiary alicyclic amines) is 1. The van der Waals surface area contributed by atoms with E-state index in [1.807, 2.05) is 11.0 Å². The molecule has 1 fully saturated rings. The predicted molar refractivity (Wildman–Crippen MR) is 61.2 cm³/mol. The smallest absolute Gasteiger partial charge is 0.226 e. The summed E-state index contributed by atoms with van der Waals surface area (Å²) in [6, 6.07) is 6.33. The van der Waals surface area contributed by atoms with Crippen LogP contribution in [0.3, 0.4) is 0 Å². The maximum absolute atomic E-state index is 12.8. The maximum Gasteiger partial charge on any atom is 0.226 e. The van der Waals surface area contributed by atoms with E-state index in [9.17, 15) is 9.18 Å². The third-order valence-corrected chi connectivity index (χ3v) is 2.66. The molecule has 2 nitrogen and oxygen atoms in total. The van der Waals surface area contributed by atoms with Gasteiger partial charge >= 0.3 is 0 Å². The summed E-state index contributed by atoms with van der Waals surface area (Å²) in [7, 11) is 0. The molecule has 1 aliphatic rings. The van der Waals surface area contributed by atoms with E-state index in [4.69, 9.17) is 0 Å². The number of hydrogen-bond acceptors (Lipinski definition) is 1. The normalized spacial score (nSPS) is 15.2. The van der Waals surface area contributed by atoms with E-state index < -0.39 is 0 Å². The van der Waals surface area contributed by atoms with Gasteiger partial charge in [-0.2, -0.15) is 0 Å². The molecule has 3 heteroatoms. The van der Waals surface area contributed by atoms with Crippen LogP contribution < -0.4 is 0 Å². The number of benzene rings is 1. The minimum atomic E-state index is -0.254. The van der Waals surface area contributed by atoms with Crippen LogP contribution in [-0.2, 0) is 4.79 Å². The van der Waals surface area contributed by atoms with Gasteiger partial charge in [-0.25, -0.2) is 4.39 Å². The molecule has 1 amide bonds. The van der Waals surface area contributed by atoms with E-state index in [-0.39, 0.29) is 11.7 Å². The second-order valence-corrected chi connectivity index (χ2v) is 3.90. The molecule has 84 valence electrons. The number of halogens is 1. The summed E-state index contributed by atoms with van der Waals surface area (Å²) in [6.45, 7) is 1.76. The van der Waals surface area contributed by atoms with Crippen molar-refractivity contribution in [3.8, 4) is 0 Å². The predicted octanol–water partition coefficient (Wildman–Crippen LogP) is 2.46. The molecule has 2 rings (SSSR count). The summed E-state index contributed by atoms with van der Waals surface area (Å²) >= 11 is 0. The summed E-state index contributed by atoms with van der Waals surface area (Å²) < 4.78 is 12.8. The lowest BCUT2D eigenvalue weighted by Crippen LogP contribution is -2.41. The number of hydrogen-bond donors (Lipinski definition) is 0. The zero-order valence-corrected chi connectivity index (χ0v) is 9.03. The third-order valence-electron chi connectivity index (χ3n) is 2.66. The SMILES string of the molecule is O=C(C/C=C/c1cccc(F)c1)N1CCC1. The fraction of sp³-hybridized carbons (Fsp3) is 0.308. The standard InChI is InChI=1S/C13H14FNO/c14-12-6-1-4-11(10-12)5-2-7-13(16)15-8-3-9-15/h1-2,4-6,10H,3,7-9H2/b5-2+. The molecule has 0 atom stereocenters. The molecular weight excluding hydrogens is 205 g/mol. The number of amides is 1. The second-order valence-electron chi connectivity index (χ2n) is 3.90. The minimum Gasteiger partial charge on any atom is -0.342 e. The van der Waals surface area contributed by atoms with Crippen molar-refractivity contribution in [1.82, 2.24) is 4.90 Å². The molecule has 1 aromatic rings. The summed E-state index contributed by atoms with van der Waals surface area (Å²) in [5, 5.41) is 0. The van der Waals surface area contributed by atoms with Crippen LogP contribution in [0.4, 0.5) is 4.39 Å². The van der Waals surface area contributed by atoms with Gasteiger partial charge in [0.05, 0.1) is 0 Å². The monoisotopic (exact) mass is 219 g/mol. The first-order chi connectivity index (χ1) is 7.75. The summed E-state index contributed by atoms with van der Waals surface area (Å²) in [4.78, 5) is 13.3. The Balaban J connectivity index is 1.87. The van der Waals surface area contributed by atoms with Crippen LogP contribution >= 0.6 is 0 Å². The molecule has 0 N–H and O–H groups in total. The van der Waals surface area contributed by atoms with Crippen LogP contribution in [0, 0.1) is 5.82 Å². The van der Waals surface area contributed by atoms with Gasteiger partial charge in [0.2, 0.25) is 5.91 Å². The number of carbonyl (C=O) groups is 1. The molecule has 0 radical (unpaired) electrons. The maximum atomic E-state index is 12.8. The lowest BCUT2D eigenvalue weighted by Gasteiger charge is -2.30. The van der Waals surface area contributed by atoms with Crippen LogP contribution in [0.1, 0.15) is 18.4 Å². The average molecular weight is 219 g/mol. The zero-order chi connectivity index (χ0) is 11.4. The Bertz CT molecular complexity index is 410. The Labute approximate surface area is 94.4 Å². The molecule has 0 saturated carbocycles. The van der Waals surface area contributed by atoms with Crippen LogP contribution in [-0.4, -0.2) is 23.9 Å². The first kappa shape index (κ1) is 10.9. The molecule has 0 aliphatic carbocycles. The van der Waals surface area contributed by atoms with Gasteiger partial charge in [0.25, 0.3) is 0 Å². The highest BCUT2D eigenvalue weighted by Crippen LogP contribution is 2.10. The van der Waals surface area contributed by atoms with Gasteiger partial charge in [0.15, 0.2) is 0 Å². The molecule has 1 aromatic carbocycles. The molecule has 1 heterocycles. The lowest BCUT2D eigenvalue weighted by molar-refractivity contribution is -0.133. The van der Waals surface area contributed by atoms with E-state index in [0.717, 1.165) is 25.1 Å². The van der Waals surface area contributed by atoms with Crippen LogP contribution in [0.25, 0.3) is 6.08 Å². The Morgan fingerprint density at radius 3 is 2.88 bits per heavy atom. The van der Waals surface area contributed by atoms with E-state index in [2.05, 4.69) is 0 Å². The third kappa shape index (κ3) is 2.69. The van der Waals surface area contributed by atoms with Crippen LogP contribution in [0.5, 0.6) is 0 Å². The molecule has 0 bridgehead atoms. The van der Waals surface area contributed by atoms with Gasteiger partial charge in [-0.05, 0) is 24.1 Å². The Morgan fingerprint density at radius 2 is 2.25 bits per heavy atom. The topological polar surface area (TPSA) is 20.3 Å². The van der Waals surface area contributed by atoms with E-state index in [0.29, 0.717) is 6.42 Å². The van der Waals surface area contributed by atoms with Gasteiger partial charge in [-0.15, -0.1) is 0 Å². The molecule has 1 saturated heterocycles. The van der Waals surface area contributed by atoms with Crippen molar-refractivity contribution < 1.29 is 9.18 Å². The van der Waals surface area contributed by atoms with E-state index in [1.54, 1.807) is 18.2 Å². The largest absolute Gasteiger partial charge is 0.342 e. The highest BCUT2D eigenvalue weighted by molar-refractivity contribution is 5.79. The minimum absolute atomic E-state index is 0.152. The molecule has 0 aromatic heterocycles. The van der Waals surface area contributed by atoms with Crippen molar-refractivity contribution >= 4 is 12.0 Å². The van der Waals surface area contributed by atoms with E-state index in [1.165, 1.54) is 12.1 Å². The van der Waals surface area contributed by atoms with Gasteiger partial charge in [0, 0.05) is 19.5 Å². The van der Waals surface area contributed by atoms with Crippen LogP contribution in [0.15, 0.2) is 30.3 Å². The Morgan fingerprint density at radius 1 is 1.44 bits per heavy atom. The lowest BCUT2D eigenvalue weighted by atomic mass is 10.1. The molecule has 1 aliphatic heterocycles. The van der Waals surface area contributed by atoms with Gasteiger partial charge in [0.1, 0.15) is 5.82 Å². The highest BCUT2D eigenvalue weighted by Gasteiger charge is 2.18. The Hall–Kier alpha value is -1.64. The fourth-order valence-corrected chi connectivity index (χ4v) is 1.60. The van der Waals surface area contributed by atoms with Crippen molar-refractivity contribution in [2.45, 2.75) is 12.8 Å². The van der Waals surface area contributed by atoms with Crippen LogP contribution in [0.2, 0.25) is 0 Å². The second kappa shape index (κ2) is 4.92. The molecule has 0 spiro atoms. The first-order valence-electron chi connectivity index (χ1n) is 5.45. The summed E-state index contributed by atoms with van der Waals surface area (Å²) in [5.41, 5.74) is 0.788. The van der Waals surface area contributed by atoms with Crippen molar-refractivity contribution in [3.05, 3.63) is 41.7 Å². The molecule has 16 heavy (non-hydrogen) atoms. The van der Waals surface area contributed by atoms with Crippen molar-refractivity contribution in [1.29, 1.82) is 0 Å². The van der Waals surface area contributed by atoms with Crippen molar-refractivity contribution in [2.75, 3.05) is 13.1 Å². The molecule has 0 unspecified atom stereocenters. The highest BCUT2D eigenvalue weighted by atomic mass is 19.1. The first-order valence-corrected chi connectivity index (χ1v) is 5.45. The number of nitrogens with zero attached hydrogens (tertiary/aromatic N) is 1. The van der Waals surface area contributed by atoms with E-state index >= 15 is 0 Å². The molecular formula is C13H14FNO. The number of carbonyl (C=O) groups excluding carboxylic acids is 1. The van der Waals surface area contributed by atoms with Gasteiger partial charge < -0.3 is 4.90 Å². The average Bonchev–Trinajstić information content (AvgIpc) is 2.15. The fourth-order valence-electron chi connectivity index (χ4n) is 1.60. The van der Waals surface area contributed by atoms with Crippen molar-refractivity contribution in [2.24, 2.45) is 0 Å². The number of rotatable bonds is 3.